The highest BCUT2D eigenvalue weighted by molar-refractivity contribution is 7.16. The Balaban J connectivity index is 1.12. The van der Waals surface area contributed by atoms with Gasteiger partial charge in [-0.3, -0.25) is 0 Å². The lowest BCUT2D eigenvalue weighted by molar-refractivity contribution is 0.0688. The molecular formula is C66H63N5O2S. The Morgan fingerprint density at radius 1 is 0.649 bits per heavy atom. The summed E-state index contributed by atoms with van der Waals surface area (Å²) >= 11 is 1.52. The number of para-hydroxylation sites is 1. The minimum absolute atomic E-state index is 0.0666. The van der Waals surface area contributed by atoms with Gasteiger partial charge in [-0.15, -0.1) is 11.3 Å². The van der Waals surface area contributed by atoms with E-state index in [1.165, 1.54) is 60.5 Å². The Bertz CT molecular complexity index is 3440. The van der Waals surface area contributed by atoms with Crippen LogP contribution in [0.4, 0.5) is 17.1 Å². The summed E-state index contributed by atoms with van der Waals surface area (Å²) in [6, 6.07) is 56.7. The van der Waals surface area contributed by atoms with Gasteiger partial charge in [0.2, 0.25) is 0 Å². The van der Waals surface area contributed by atoms with Crippen molar-refractivity contribution in [2.45, 2.75) is 116 Å². The fourth-order valence-electron chi connectivity index (χ4n) is 12.2. The number of fused-ring (bicyclic) bond motifs is 6. The van der Waals surface area contributed by atoms with E-state index in [9.17, 15) is 15.2 Å². The Kier molecular flexibility index (Phi) is 14.4. The molecule has 0 bridgehead atoms. The molecule has 0 unspecified atom stereocenters. The molecule has 0 amide bonds. The van der Waals surface area contributed by atoms with Crippen LogP contribution >= 0.6 is 11.3 Å². The van der Waals surface area contributed by atoms with Gasteiger partial charge in [-0.25, -0.2) is 19.6 Å². The maximum atomic E-state index is 12.7. The second-order valence-electron chi connectivity index (χ2n) is 20.1. The second kappa shape index (κ2) is 21.4. The van der Waals surface area contributed by atoms with Crippen LogP contribution in [0.1, 0.15) is 142 Å². The van der Waals surface area contributed by atoms with E-state index < -0.39 is 5.97 Å². The summed E-state index contributed by atoms with van der Waals surface area (Å²) in [6.45, 7) is 17.1. The smallest absolute Gasteiger partial charge is 0.357 e. The third kappa shape index (κ3) is 8.76. The zero-order chi connectivity index (χ0) is 51.4. The summed E-state index contributed by atoms with van der Waals surface area (Å²) in [5.41, 5.74) is 15.6. The molecule has 370 valence electrons. The molecule has 7 nitrogen and oxygen atoms in total. The number of carbonyl (C=O) groups is 1. The lowest BCUT2D eigenvalue weighted by atomic mass is 9.70. The van der Waals surface area contributed by atoms with Gasteiger partial charge in [0, 0.05) is 42.9 Å². The molecule has 0 radical (unpaired) electrons. The van der Waals surface area contributed by atoms with Crippen LogP contribution < -0.4 is 15.5 Å². The Labute approximate surface area is 440 Å². The Morgan fingerprint density at radius 2 is 1.14 bits per heavy atom. The molecule has 8 aromatic rings. The molecular weight excluding hydrogens is 927 g/mol. The van der Waals surface area contributed by atoms with Gasteiger partial charge in [0.05, 0.1) is 23.7 Å². The number of aromatic carboxylic acids is 1. The fourth-order valence-corrected chi connectivity index (χ4v) is 13.2. The van der Waals surface area contributed by atoms with Gasteiger partial charge < -0.3 is 10.0 Å². The van der Waals surface area contributed by atoms with Crippen molar-refractivity contribution in [1.82, 2.24) is 9.78 Å². The van der Waals surface area contributed by atoms with Gasteiger partial charge in [0.15, 0.2) is 5.69 Å². The summed E-state index contributed by atoms with van der Waals surface area (Å²) in [6.07, 6.45) is 15.5. The number of hydrogen-bond acceptors (Lipinski definition) is 5. The molecule has 1 N–H and O–H groups in total. The third-order valence-corrected chi connectivity index (χ3v) is 16.8. The number of benzene rings is 6. The van der Waals surface area contributed by atoms with Crippen molar-refractivity contribution in [3.63, 3.8) is 0 Å². The van der Waals surface area contributed by atoms with E-state index in [1.807, 2.05) is 36.4 Å². The maximum Gasteiger partial charge on any atom is 0.357 e. The summed E-state index contributed by atoms with van der Waals surface area (Å²) in [4.78, 5) is 20.5. The van der Waals surface area contributed by atoms with Gasteiger partial charge in [0.1, 0.15) is 0 Å². The number of carboxylic acid groups (broad SMARTS) is 1. The molecule has 0 saturated heterocycles. The summed E-state index contributed by atoms with van der Waals surface area (Å²) < 4.78 is 1.39. The zero-order valence-electron chi connectivity index (χ0n) is 43.0. The van der Waals surface area contributed by atoms with Crippen LogP contribution in [0.3, 0.4) is 0 Å². The molecule has 2 heterocycles. The number of thiophene rings is 1. The first kappa shape index (κ1) is 49.8. The van der Waals surface area contributed by atoms with Crippen LogP contribution in [0, 0.1) is 17.9 Å². The molecule has 74 heavy (non-hydrogen) atoms. The monoisotopic (exact) mass is 989 g/mol. The number of rotatable bonds is 19. The molecule has 6 aromatic carbocycles. The minimum Gasteiger partial charge on any atom is -0.476 e. The van der Waals surface area contributed by atoms with Gasteiger partial charge in [-0.1, -0.05) is 170 Å². The highest BCUT2D eigenvalue weighted by atomic mass is 32.1. The van der Waals surface area contributed by atoms with Crippen LogP contribution in [-0.4, -0.2) is 20.9 Å². The van der Waals surface area contributed by atoms with Crippen molar-refractivity contribution < 1.29 is 9.90 Å². The minimum atomic E-state index is -1.24. The van der Waals surface area contributed by atoms with Crippen LogP contribution in [-0.2, 0) is 10.8 Å². The molecule has 8 heteroatoms. The molecule has 0 spiro atoms. The molecule has 2 aliphatic rings. The van der Waals surface area contributed by atoms with E-state index in [4.69, 9.17) is 6.57 Å². The number of nitriles is 1. The van der Waals surface area contributed by atoms with Crippen molar-refractivity contribution in [3.05, 3.63) is 206 Å². The number of unbranched alkanes of at least 4 members (excludes halogenated alkanes) is 4. The van der Waals surface area contributed by atoms with Crippen molar-refractivity contribution in [1.29, 1.82) is 5.26 Å². The van der Waals surface area contributed by atoms with Crippen molar-refractivity contribution in [2.24, 2.45) is 0 Å². The number of anilines is 3. The predicted octanol–water partition coefficient (Wildman–Crippen LogP) is 16.4. The zero-order valence-corrected chi connectivity index (χ0v) is 43.8. The summed E-state index contributed by atoms with van der Waals surface area (Å²) in [5, 5.41) is 25.2. The lowest BCUT2D eigenvalue weighted by Crippen LogP contribution is -2.32. The van der Waals surface area contributed by atoms with E-state index in [1.54, 1.807) is 18.2 Å². The SMILES string of the molecule is [C-]#[N+]/C(C#N)=c1/c(=C\c2ccc(-c3ccc(N(c4ccc5c(c4)C(CCCC)(CCCC)c4ccccc4-5)c4ccc5c(c4)C(CCCC)(CCCC)c4ccccc4-5)cc3)s2)c(C(=O)O)nn1-c1ccccc1. The van der Waals surface area contributed by atoms with Gasteiger partial charge in [-0.05, 0) is 142 Å². The van der Waals surface area contributed by atoms with E-state index >= 15 is 0 Å². The second-order valence-corrected chi connectivity index (χ2v) is 21.2. The predicted molar refractivity (Wildman–Crippen MR) is 304 cm³/mol. The topological polar surface area (TPSA) is 86.5 Å². The molecule has 10 rings (SSSR count). The van der Waals surface area contributed by atoms with Crippen LogP contribution in [0.25, 0.3) is 55.0 Å². The molecule has 0 fully saturated rings. The molecule has 2 aromatic heterocycles. The number of nitrogens with zero attached hydrogens (tertiary/aromatic N) is 5. The fraction of sp³-hybridized carbons (Fsp3) is 0.273. The third-order valence-electron chi connectivity index (χ3n) is 15.7. The first-order valence-electron chi connectivity index (χ1n) is 26.6. The standard InChI is InChI=1S/C66H63N5O2S/c1-6-10-37-65(38-11-7-2)56-25-19-17-23-51(56)53-34-31-48(41-58(53)65)70(49-32-35-54-52-24-18-20-26-57(52)66(39-12-8-3,40-13-9-4)59(54)42-49)46-29-27-45(28-30-46)61-36-33-50(74-61)43-55-62(64(72)73)69-71(47-21-15-14-16-22-47)63(55)60(44-67)68-5/h14-36,41-43H,6-13,37-40H2,1-4H3,(H,72,73)/b55-43-,63-60-. The van der Waals surface area contributed by atoms with Crippen LogP contribution in [0.2, 0.25) is 0 Å². The summed E-state index contributed by atoms with van der Waals surface area (Å²) in [5.74, 6) is -1.24. The van der Waals surface area contributed by atoms with Gasteiger partial charge in [-0.2, -0.15) is 5.10 Å². The van der Waals surface area contributed by atoms with E-state index in [2.05, 4.69) is 152 Å². The highest BCUT2D eigenvalue weighted by Crippen LogP contribution is 2.58. The average Bonchev–Trinajstić information content (AvgIpc) is 4.21. The summed E-state index contributed by atoms with van der Waals surface area (Å²) in [7, 11) is 0. The Morgan fingerprint density at radius 3 is 1.62 bits per heavy atom. The lowest BCUT2D eigenvalue weighted by Gasteiger charge is -2.35. The van der Waals surface area contributed by atoms with E-state index in [0.717, 1.165) is 109 Å². The average molecular weight is 990 g/mol. The largest absolute Gasteiger partial charge is 0.476 e. The van der Waals surface area contributed by atoms with Crippen LogP contribution in [0.5, 0.6) is 0 Å². The number of hydrogen-bond donors (Lipinski definition) is 1. The van der Waals surface area contributed by atoms with Crippen LogP contribution in [0.15, 0.2) is 152 Å². The van der Waals surface area contributed by atoms with Crippen molar-refractivity contribution >= 4 is 46.1 Å². The highest BCUT2D eigenvalue weighted by Gasteiger charge is 2.44. The molecule has 0 saturated carbocycles. The quantitative estimate of drug-likeness (QED) is 0.0816. The molecule has 0 aliphatic heterocycles. The van der Waals surface area contributed by atoms with Crippen molar-refractivity contribution in [2.75, 3.05) is 4.90 Å². The Hall–Kier alpha value is -7.78. The molecule has 0 atom stereocenters. The number of aromatic nitrogens is 2. The first-order chi connectivity index (χ1) is 36.2. The normalized spacial score (nSPS) is 14.1. The molecule has 2 aliphatic carbocycles. The first-order valence-corrected chi connectivity index (χ1v) is 27.5. The van der Waals surface area contributed by atoms with E-state index in [-0.39, 0.29) is 32.8 Å². The van der Waals surface area contributed by atoms with Crippen molar-refractivity contribution in [3.8, 4) is 44.5 Å². The number of carboxylic acids is 1. The maximum absolute atomic E-state index is 12.7. The van der Waals surface area contributed by atoms with Gasteiger partial charge in [0.25, 0.3) is 5.70 Å². The van der Waals surface area contributed by atoms with E-state index in [0.29, 0.717) is 5.69 Å². The van der Waals surface area contributed by atoms with Gasteiger partial charge >= 0.3 is 5.97 Å².